The number of aryl methyl sites for hydroxylation is 1. The van der Waals surface area contributed by atoms with Gasteiger partial charge in [-0.3, -0.25) is 9.78 Å². The third-order valence-electron chi connectivity index (χ3n) is 4.43. The second-order valence-corrected chi connectivity index (χ2v) is 6.07. The monoisotopic (exact) mass is 352 g/mol. The molecule has 0 aliphatic heterocycles. The van der Waals surface area contributed by atoms with Crippen molar-refractivity contribution >= 4 is 22.5 Å². The highest BCUT2D eigenvalue weighted by Gasteiger charge is 2.17. The number of anilines is 1. The van der Waals surface area contributed by atoms with Crippen LogP contribution < -0.4 is 16.8 Å². The molecule has 2 aromatic carbocycles. The van der Waals surface area contributed by atoms with Crippen molar-refractivity contribution in [2.24, 2.45) is 11.5 Å². The van der Waals surface area contributed by atoms with Crippen LogP contribution in [0.15, 0.2) is 48.7 Å². The minimum absolute atomic E-state index is 0.279. The Morgan fingerprint density at radius 2 is 2.04 bits per heavy atom. The first kappa shape index (κ1) is 17.8. The summed E-state index contributed by atoms with van der Waals surface area (Å²) in [5.74, 6) is -0.840. The second-order valence-electron chi connectivity index (χ2n) is 6.07. The first-order chi connectivity index (χ1) is 12.5. The van der Waals surface area contributed by atoms with Gasteiger partial charge in [-0.25, -0.2) is 4.39 Å². The fraction of sp³-hybridized carbons (Fsp3) is 0.200. The third kappa shape index (κ3) is 3.36. The van der Waals surface area contributed by atoms with E-state index in [0.29, 0.717) is 11.1 Å². The van der Waals surface area contributed by atoms with Gasteiger partial charge in [-0.15, -0.1) is 0 Å². The Morgan fingerprint density at radius 1 is 1.27 bits per heavy atom. The average molecular weight is 352 g/mol. The summed E-state index contributed by atoms with van der Waals surface area (Å²) in [6.45, 7) is 2.30. The number of carbonyl (C=O) groups excluding carboxylic acids is 1. The first-order valence-electron chi connectivity index (χ1n) is 8.47. The smallest absolute Gasteiger partial charge is 0.250 e. The van der Waals surface area contributed by atoms with Gasteiger partial charge in [0.2, 0.25) is 0 Å². The SMILES string of the molecule is CCc1cnc2c(C(N)=O)cccc2c1NC(CN)c1cccc(F)c1. The highest BCUT2D eigenvalue weighted by molar-refractivity contribution is 6.08. The van der Waals surface area contributed by atoms with Gasteiger partial charge < -0.3 is 16.8 Å². The third-order valence-corrected chi connectivity index (χ3v) is 4.43. The highest BCUT2D eigenvalue weighted by Crippen LogP contribution is 2.31. The molecule has 26 heavy (non-hydrogen) atoms. The number of amides is 1. The number of hydrogen-bond acceptors (Lipinski definition) is 4. The van der Waals surface area contributed by atoms with E-state index in [1.807, 2.05) is 19.1 Å². The summed E-state index contributed by atoms with van der Waals surface area (Å²) in [7, 11) is 0. The number of pyridine rings is 1. The molecule has 3 aromatic rings. The van der Waals surface area contributed by atoms with Gasteiger partial charge in [0.15, 0.2) is 0 Å². The predicted molar refractivity (Wildman–Crippen MR) is 101 cm³/mol. The van der Waals surface area contributed by atoms with E-state index in [2.05, 4.69) is 10.3 Å². The van der Waals surface area contributed by atoms with Gasteiger partial charge in [-0.1, -0.05) is 31.2 Å². The molecule has 0 aliphatic rings. The number of nitrogens with two attached hydrogens (primary N) is 2. The van der Waals surface area contributed by atoms with Gasteiger partial charge >= 0.3 is 0 Å². The van der Waals surface area contributed by atoms with Crippen molar-refractivity contribution in [2.75, 3.05) is 11.9 Å². The average Bonchev–Trinajstić information content (AvgIpc) is 2.65. The lowest BCUT2D eigenvalue weighted by Crippen LogP contribution is -2.22. The minimum Gasteiger partial charge on any atom is -0.376 e. The summed E-state index contributed by atoms with van der Waals surface area (Å²) in [6.07, 6.45) is 2.47. The molecule has 0 bridgehead atoms. The maximum Gasteiger partial charge on any atom is 0.250 e. The molecule has 3 rings (SSSR count). The minimum atomic E-state index is -0.529. The number of nitrogens with one attached hydrogen (secondary N) is 1. The van der Waals surface area contributed by atoms with Crippen LogP contribution in [0.5, 0.6) is 0 Å². The fourth-order valence-electron chi connectivity index (χ4n) is 3.08. The molecule has 6 heteroatoms. The van der Waals surface area contributed by atoms with E-state index < -0.39 is 5.91 Å². The largest absolute Gasteiger partial charge is 0.376 e. The Balaban J connectivity index is 2.13. The molecule has 134 valence electrons. The summed E-state index contributed by atoms with van der Waals surface area (Å²) in [5, 5.41) is 4.20. The fourth-order valence-corrected chi connectivity index (χ4v) is 3.08. The number of primary amides is 1. The van der Waals surface area contributed by atoms with Gasteiger partial charge in [0.25, 0.3) is 5.91 Å². The maximum atomic E-state index is 13.6. The van der Waals surface area contributed by atoms with Crippen LogP contribution in [0.4, 0.5) is 10.1 Å². The van der Waals surface area contributed by atoms with E-state index in [-0.39, 0.29) is 18.4 Å². The molecule has 1 atom stereocenters. The highest BCUT2D eigenvalue weighted by atomic mass is 19.1. The van der Waals surface area contributed by atoms with E-state index in [4.69, 9.17) is 11.5 Å². The van der Waals surface area contributed by atoms with Crippen LogP contribution in [0, 0.1) is 5.82 Å². The molecular weight excluding hydrogens is 331 g/mol. The van der Waals surface area contributed by atoms with Gasteiger partial charge in [-0.05, 0) is 35.7 Å². The van der Waals surface area contributed by atoms with Crippen LogP contribution >= 0.6 is 0 Å². The van der Waals surface area contributed by atoms with Crippen molar-refractivity contribution in [2.45, 2.75) is 19.4 Å². The van der Waals surface area contributed by atoms with Crippen LogP contribution in [0.1, 0.15) is 34.5 Å². The lowest BCUT2D eigenvalue weighted by Gasteiger charge is -2.22. The molecule has 0 saturated carbocycles. The molecular formula is C20H21FN4O. The Hall–Kier alpha value is -2.99. The molecule has 0 fully saturated rings. The Bertz CT molecular complexity index is 958. The molecule has 0 aliphatic carbocycles. The van der Waals surface area contributed by atoms with E-state index >= 15 is 0 Å². The van der Waals surface area contributed by atoms with Crippen LogP contribution in [0.25, 0.3) is 10.9 Å². The molecule has 0 radical (unpaired) electrons. The van der Waals surface area contributed by atoms with E-state index in [1.165, 1.54) is 12.1 Å². The number of halogens is 1. The van der Waals surface area contributed by atoms with Gasteiger partial charge in [0.05, 0.1) is 17.1 Å². The van der Waals surface area contributed by atoms with Crippen molar-refractivity contribution in [3.8, 4) is 0 Å². The van der Waals surface area contributed by atoms with Gasteiger partial charge in [-0.2, -0.15) is 0 Å². The summed E-state index contributed by atoms with van der Waals surface area (Å²) >= 11 is 0. The van der Waals surface area contributed by atoms with Crippen molar-refractivity contribution in [1.82, 2.24) is 4.98 Å². The maximum absolute atomic E-state index is 13.6. The lowest BCUT2D eigenvalue weighted by atomic mass is 10.0. The first-order valence-corrected chi connectivity index (χ1v) is 8.47. The van der Waals surface area contributed by atoms with E-state index in [0.717, 1.165) is 28.6 Å². The molecule has 1 amide bonds. The molecule has 1 heterocycles. The van der Waals surface area contributed by atoms with Gasteiger partial charge in [0.1, 0.15) is 5.82 Å². The summed E-state index contributed by atoms with van der Waals surface area (Å²) in [4.78, 5) is 16.1. The number of aromatic nitrogens is 1. The quantitative estimate of drug-likeness (QED) is 0.635. The number of rotatable bonds is 6. The summed E-state index contributed by atoms with van der Waals surface area (Å²) in [6, 6.07) is 11.4. The Kier molecular flexibility index (Phi) is 5.14. The molecule has 1 aromatic heterocycles. The lowest BCUT2D eigenvalue weighted by molar-refractivity contribution is 0.100. The Morgan fingerprint density at radius 3 is 2.69 bits per heavy atom. The second kappa shape index (κ2) is 7.49. The van der Waals surface area contributed by atoms with Crippen molar-refractivity contribution in [3.63, 3.8) is 0 Å². The number of para-hydroxylation sites is 1. The molecule has 5 N–H and O–H groups in total. The van der Waals surface area contributed by atoms with Gasteiger partial charge in [0, 0.05) is 23.8 Å². The zero-order valence-corrected chi connectivity index (χ0v) is 14.5. The number of benzene rings is 2. The summed E-state index contributed by atoms with van der Waals surface area (Å²) in [5.41, 5.74) is 14.9. The van der Waals surface area contributed by atoms with Crippen molar-refractivity contribution in [1.29, 1.82) is 0 Å². The standard InChI is InChI=1S/C20H21FN4O/c1-2-12-11-24-19-15(7-4-8-16(19)20(23)26)18(12)25-17(10-22)13-5-3-6-14(21)9-13/h3-9,11,17H,2,10,22H2,1H3,(H2,23,26)(H,24,25). The number of fused-ring (bicyclic) bond motifs is 1. The molecule has 0 spiro atoms. The topological polar surface area (TPSA) is 94.0 Å². The van der Waals surface area contributed by atoms with Crippen LogP contribution in [-0.2, 0) is 6.42 Å². The number of hydrogen-bond donors (Lipinski definition) is 3. The molecule has 5 nitrogen and oxygen atoms in total. The number of carbonyl (C=O) groups is 1. The Labute approximate surface area is 151 Å². The number of nitrogens with zero attached hydrogens (tertiary/aromatic N) is 1. The predicted octanol–water partition coefficient (Wildman–Crippen LogP) is 3.15. The zero-order valence-electron chi connectivity index (χ0n) is 14.5. The normalized spacial score (nSPS) is 12.1. The molecule has 1 unspecified atom stereocenters. The zero-order chi connectivity index (χ0) is 18.7. The van der Waals surface area contributed by atoms with E-state index in [1.54, 1.807) is 24.4 Å². The molecule has 0 saturated heterocycles. The van der Waals surface area contributed by atoms with E-state index in [9.17, 15) is 9.18 Å². The van der Waals surface area contributed by atoms with Crippen molar-refractivity contribution in [3.05, 3.63) is 71.2 Å². The van der Waals surface area contributed by atoms with Crippen LogP contribution in [0.3, 0.4) is 0 Å². The summed E-state index contributed by atoms with van der Waals surface area (Å²) < 4.78 is 13.6. The van der Waals surface area contributed by atoms with Crippen LogP contribution in [-0.4, -0.2) is 17.4 Å². The van der Waals surface area contributed by atoms with Crippen LogP contribution in [0.2, 0.25) is 0 Å². The van der Waals surface area contributed by atoms with Crippen molar-refractivity contribution < 1.29 is 9.18 Å².